The molecule has 0 bridgehead atoms. The van der Waals surface area contributed by atoms with Gasteiger partial charge >= 0.3 is 13.1 Å². The first-order valence-electron chi connectivity index (χ1n) is 7.55. The second-order valence-corrected chi connectivity index (χ2v) is 5.97. The molecular formula is C13H23BN2O5. The number of piperidine rings is 1. The van der Waals surface area contributed by atoms with Gasteiger partial charge in [-0.3, -0.25) is 4.79 Å². The first kappa shape index (κ1) is 16.4. The minimum atomic E-state index is -1.03. The fourth-order valence-electron chi connectivity index (χ4n) is 3.01. The third kappa shape index (κ3) is 4.51. The summed E-state index contributed by atoms with van der Waals surface area (Å²) < 4.78 is 5.32. The zero-order chi connectivity index (χ0) is 15.3. The Morgan fingerprint density at radius 2 is 2.29 bits per heavy atom. The molecule has 21 heavy (non-hydrogen) atoms. The molecule has 2 saturated heterocycles. The number of nitrogens with one attached hydrogen (secondary N) is 2. The second kappa shape index (κ2) is 7.35. The maximum Gasteiger partial charge on any atom is 0.472 e. The Morgan fingerprint density at radius 3 is 2.86 bits per heavy atom. The molecule has 0 aliphatic carbocycles. The van der Waals surface area contributed by atoms with Crippen LogP contribution in [0.5, 0.6) is 0 Å². The van der Waals surface area contributed by atoms with Crippen LogP contribution in [-0.4, -0.2) is 60.2 Å². The standard InChI is InChI=1S/C13H23BN2O5/c17-9-13(5-1-2-6-16-13)8-15-11-4-3-10(7-12(18)19)21-14(11)20/h9-11,15-16,20H,1-8H2,(H,18,19)/t10-,11-,13?/m0/s1. The fourth-order valence-corrected chi connectivity index (χ4v) is 3.01. The van der Waals surface area contributed by atoms with Gasteiger partial charge in [0, 0.05) is 12.5 Å². The molecule has 2 heterocycles. The van der Waals surface area contributed by atoms with Crippen LogP contribution in [0, 0.1) is 0 Å². The average molecular weight is 298 g/mol. The molecule has 8 heteroatoms. The van der Waals surface area contributed by atoms with Crippen molar-refractivity contribution < 1.29 is 24.4 Å². The Morgan fingerprint density at radius 1 is 1.48 bits per heavy atom. The van der Waals surface area contributed by atoms with Gasteiger partial charge in [-0.25, -0.2) is 0 Å². The monoisotopic (exact) mass is 298 g/mol. The lowest BCUT2D eigenvalue weighted by atomic mass is 9.72. The predicted molar refractivity (Wildman–Crippen MR) is 76.8 cm³/mol. The van der Waals surface area contributed by atoms with Crippen LogP contribution in [-0.2, 0) is 14.2 Å². The Bertz CT molecular complexity index is 376. The normalized spacial score (nSPS) is 33.7. The van der Waals surface area contributed by atoms with Crippen molar-refractivity contribution in [2.24, 2.45) is 0 Å². The van der Waals surface area contributed by atoms with E-state index in [0.717, 1.165) is 32.1 Å². The van der Waals surface area contributed by atoms with E-state index >= 15 is 0 Å². The SMILES string of the molecule is O=CC1(CN[C@H]2CC[C@@H](CC(=O)O)OB2O)CCCCN1. The van der Waals surface area contributed by atoms with Crippen molar-refractivity contribution in [3.05, 3.63) is 0 Å². The summed E-state index contributed by atoms with van der Waals surface area (Å²) in [5, 5.41) is 25.1. The van der Waals surface area contributed by atoms with Crippen LogP contribution in [0.1, 0.15) is 38.5 Å². The molecule has 0 radical (unpaired) electrons. The molecular weight excluding hydrogens is 275 g/mol. The van der Waals surface area contributed by atoms with Gasteiger partial charge in [-0.05, 0) is 38.6 Å². The maximum absolute atomic E-state index is 11.3. The van der Waals surface area contributed by atoms with Gasteiger partial charge in [-0.1, -0.05) is 0 Å². The van der Waals surface area contributed by atoms with Crippen LogP contribution in [0.2, 0.25) is 0 Å². The van der Waals surface area contributed by atoms with Crippen molar-refractivity contribution >= 4 is 19.4 Å². The van der Waals surface area contributed by atoms with Gasteiger partial charge in [0.2, 0.25) is 0 Å². The highest BCUT2D eigenvalue weighted by atomic mass is 16.5. The number of carbonyl (C=O) groups is 2. The fraction of sp³-hybridized carbons (Fsp3) is 0.846. The van der Waals surface area contributed by atoms with E-state index in [0.29, 0.717) is 19.4 Å². The number of carbonyl (C=O) groups excluding carboxylic acids is 1. The highest BCUT2D eigenvalue weighted by molar-refractivity contribution is 6.45. The zero-order valence-electron chi connectivity index (χ0n) is 12.1. The molecule has 0 aromatic carbocycles. The third-order valence-electron chi connectivity index (χ3n) is 4.31. The molecule has 1 unspecified atom stereocenters. The van der Waals surface area contributed by atoms with Crippen LogP contribution in [0.15, 0.2) is 0 Å². The third-order valence-corrected chi connectivity index (χ3v) is 4.31. The van der Waals surface area contributed by atoms with E-state index in [2.05, 4.69) is 10.6 Å². The summed E-state index contributed by atoms with van der Waals surface area (Å²) in [6, 6.07) is 0. The maximum atomic E-state index is 11.3. The van der Waals surface area contributed by atoms with E-state index in [1.807, 2.05) is 0 Å². The van der Waals surface area contributed by atoms with Crippen molar-refractivity contribution in [3.8, 4) is 0 Å². The molecule has 2 rings (SSSR count). The van der Waals surface area contributed by atoms with E-state index in [1.54, 1.807) is 0 Å². The van der Waals surface area contributed by atoms with Gasteiger partial charge in [0.05, 0.1) is 18.1 Å². The molecule has 0 saturated carbocycles. The lowest BCUT2D eigenvalue weighted by molar-refractivity contribution is -0.139. The molecule has 0 amide bonds. The summed E-state index contributed by atoms with van der Waals surface area (Å²) in [4.78, 5) is 22.0. The van der Waals surface area contributed by atoms with Crippen molar-refractivity contribution in [2.45, 2.75) is 56.1 Å². The van der Waals surface area contributed by atoms with Crippen LogP contribution in [0.25, 0.3) is 0 Å². The van der Waals surface area contributed by atoms with Crippen LogP contribution < -0.4 is 10.6 Å². The van der Waals surface area contributed by atoms with Crippen LogP contribution in [0.4, 0.5) is 0 Å². The van der Waals surface area contributed by atoms with Crippen molar-refractivity contribution in [2.75, 3.05) is 13.1 Å². The van der Waals surface area contributed by atoms with E-state index in [1.165, 1.54) is 0 Å². The van der Waals surface area contributed by atoms with Crippen LogP contribution >= 0.6 is 0 Å². The first-order valence-corrected chi connectivity index (χ1v) is 7.55. The molecule has 0 aromatic heterocycles. The molecule has 118 valence electrons. The quantitative estimate of drug-likeness (QED) is 0.380. The summed E-state index contributed by atoms with van der Waals surface area (Å²) in [5.74, 6) is -1.19. The number of hydrogen-bond acceptors (Lipinski definition) is 6. The van der Waals surface area contributed by atoms with Crippen LogP contribution in [0.3, 0.4) is 0 Å². The Kier molecular flexibility index (Phi) is 5.75. The highest BCUT2D eigenvalue weighted by Crippen LogP contribution is 2.21. The zero-order valence-corrected chi connectivity index (χ0v) is 12.1. The van der Waals surface area contributed by atoms with E-state index < -0.39 is 24.7 Å². The Labute approximate surface area is 124 Å². The van der Waals surface area contributed by atoms with Gasteiger partial charge in [0.15, 0.2) is 0 Å². The van der Waals surface area contributed by atoms with Crippen molar-refractivity contribution in [3.63, 3.8) is 0 Å². The topological polar surface area (TPSA) is 108 Å². The largest absolute Gasteiger partial charge is 0.481 e. The second-order valence-electron chi connectivity index (χ2n) is 5.97. The van der Waals surface area contributed by atoms with Crippen molar-refractivity contribution in [1.29, 1.82) is 0 Å². The van der Waals surface area contributed by atoms with Gasteiger partial charge in [0.25, 0.3) is 0 Å². The summed E-state index contributed by atoms with van der Waals surface area (Å²) in [6.45, 7) is 1.27. The summed E-state index contributed by atoms with van der Waals surface area (Å²) in [5.41, 5.74) is -0.560. The lowest BCUT2D eigenvalue weighted by Crippen LogP contribution is -2.60. The molecule has 2 fully saturated rings. The average Bonchev–Trinajstić information content (AvgIpc) is 2.47. The number of hydrogen-bond donors (Lipinski definition) is 4. The summed E-state index contributed by atoms with van der Waals surface area (Å²) in [6.07, 6.45) is 4.50. The summed E-state index contributed by atoms with van der Waals surface area (Å²) in [7, 11) is -1.03. The van der Waals surface area contributed by atoms with Gasteiger partial charge in [0.1, 0.15) is 6.29 Å². The molecule has 3 atom stereocenters. The number of carboxylic acid groups (broad SMARTS) is 1. The number of aliphatic carboxylic acids is 1. The molecule has 2 aliphatic heterocycles. The van der Waals surface area contributed by atoms with Gasteiger partial charge < -0.3 is 30.2 Å². The number of aldehydes is 1. The molecule has 0 aromatic rings. The molecule has 4 N–H and O–H groups in total. The molecule has 2 aliphatic rings. The smallest absolute Gasteiger partial charge is 0.472 e. The minimum Gasteiger partial charge on any atom is -0.481 e. The lowest BCUT2D eigenvalue weighted by Gasteiger charge is -2.37. The van der Waals surface area contributed by atoms with E-state index in [4.69, 9.17) is 9.76 Å². The molecule has 0 spiro atoms. The number of rotatable bonds is 6. The minimum absolute atomic E-state index is 0.0936. The highest BCUT2D eigenvalue weighted by Gasteiger charge is 2.38. The van der Waals surface area contributed by atoms with Gasteiger partial charge in [-0.2, -0.15) is 0 Å². The first-order chi connectivity index (χ1) is 10.0. The predicted octanol–water partition coefficient (Wildman–Crippen LogP) is -0.671. The van der Waals surface area contributed by atoms with E-state index in [9.17, 15) is 14.6 Å². The Balaban J connectivity index is 1.81. The van der Waals surface area contributed by atoms with Gasteiger partial charge in [-0.15, -0.1) is 0 Å². The molecule has 7 nitrogen and oxygen atoms in total. The van der Waals surface area contributed by atoms with Crippen molar-refractivity contribution in [1.82, 2.24) is 10.6 Å². The Hall–Kier alpha value is -0.955. The number of carboxylic acids is 1. The summed E-state index contributed by atoms with van der Waals surface area (Å²) >= 11 is 0. The van der Waals surface area contributed by atoms with E-state index in [-0.39, 0.29) is 12.4 Å².